The van der Waals surface area contributed by atoms with Crippen LogP contribution in [0.1, 0.15) is 187 Å². The maximum absolute atomic E-state index is 12.8. The molecule has 336 valence electrons. The Balaban J connectivity index is 2.43. The normalized spacial score (nSPS) is 20.8. The van der Waals surface area contributed by atoms with Crippen LogP contribution in [-0.4, -0.2) is 97.5 Å². The third kappa shape index (κ3) is 30.3. The highest BCUT2D eigenvalue weighted by molar-refractivity contribution is 7.80. The molecule has 4 N–H and O–H groups in total. The molecule has 13 heteroatoms. The Morgan fingerprint density at radius 3 is 1.70 bits per heavy atom. The molecule has 0 spiro atoms. The Morgan fingerprint density at radius 1 is 0.667 bits per heavy atom. The van der Waals surface area contributed by atoms with E-state index in [1.165, 1.54) is 109 Å². The van der Waals surface area contributed by atoms with Crippen LogP contribution in [0.5, 0.6) is 0 Å². The van der Waals surface area contributed by atoms with Gasteiger partial charge in [0.15, 0.2) is 6.29 Å². The van der Waals surface area contributed by atoms with Gasteiger partial charge in [0, 0.05) is 13.0 Å². The van der Waals surface area contributed by atoms with Gasteiger partial charge in [0.05, 0.1) is 19.8 Å². The molecule has 12 nitrogen and oxygen atoms in total. The van der Waals surface area contributed by atoms with Crippen LogP contribution in [0, 0.1) is 0 Å². The highest BCUT2D eigenvalue weighted by Gasteiger charge is 2.48. The third-order valence-corrected chi connectivity index (χ3v) is 10.8. The average molecular weight is 835 g/mol. The molecule has 0 aromatic heterocycles. The highest BCUT2D eigenvalue weighted by Crippen LogP contribution is 2.26. The molecule has 1 saturated heterocycles. The Labute approximate surface area is 346 Å². The fraction of sp³-hybridized carbons (Fsp3) is 0.886. The summed E-state index contributed by atoms with van der Waals surface area (Å²) in [5.74, 6) is -0.405. The molecule has 0 radical (unpaired) electrons. The maximum Gasteiger partial charge on any atom is 0.397 e. The molecule has 0 aromatic carbocycles. The van der Waals surface area contributed by atoms with Crippen molar-refractivity contribution in [2.24, 2.45) is 0 Å². The number of unbranched alkanes of at least 4 members (excludes halogenated alkanes) is 22. The average Bonchev–Trinajstić information content (AvgIpc) is 3.18. The molecule has 1 aliphatic heterocycles. The van der Waals surface area contributed by atoms with Crippen LogP contribution >= 0.6 is 0 Å². The summed E-state index contributed by atoms with van der Waals surface area (Å²) in [5, 5.41) is 30.6. The summed E-state index contributed by atoms with van der Waals surface area (Å²) in [5.41, 5.74) is 0. The SMILES string of the molecule is CCCCC/C=C\C/C=C\CCCCCCCCCC(=O)OC(COCCCCCCCCCCCCCCC)COC1OC(CO)C(O)C(OS(=O)(=O)O)C1O. The van der Waals surface area contributed by atoms with Crippen molar-refractivity contribution in [3.8, 4) is 0 Å². The molecule has 1 rings (SSSR count). The van der Waals surface area contributed by atoms with Gasteiger partial charge < -0.3 is 34.3 Å². The second-order valence-electron chi connectivity index (χ2n) is 15.6. The first-order chi connectivity index (χ1) is 27.6. The number of rotatable bonds is 39. The van der Waals surface area contributed by atoms with Crippen molar-refractivity contribution in [1.82, 2.24) is 0 Å². The van der Waals surface area contributed by atoms with Gasteiger partial charge in [0.25, 0.3) is 0 Å². The zero-order chi connectivity index (χ0) is 41.8. The van der Waals surface area contributed by atoms with Gasteiger partial charge in [-0.05, 0) is 44.9 Å². The third-order valence-electron chi connectivity index (χ3n) is 10.3. The number of aliphatic hydroxyl groups excluding tert-OH is 3. The summed E-state index contributed by atoms with van der Waals surface area (Å²) in [6, 6.07) is 0. The van der Waals surface area contributed by atoms with Crippen molar-refractivity contribution >= 4 is 16.4 Å². The first kappa shape index (κ1) is 53.6. The highest BCUT2D eigenvalue weighted by atomic mass is 32.3. The van der Waals surface area contributed by atoms with E-state index < -0.39 is 59.8 Å². The molecule has 57 heavy (non-hydrogen) atoms. The van der Waals surface area contributed by atoms with Gasteiger partial charge in [0.1, 0.15) is 30.5 Å². The molecule has 0 amide bonds. The minimum Gasteiger partial charge on any atom is -0.457 e. The van der Waals surface area contributed by atoms with Crippen molar-refractivity contribution < 1.29 is 56.2 Å². The first-order valence-electron chi connectivity index (χ1n) is 22.6. The van der Waals surface area contributed by atoms with E-state index in [1.54, 1.807) is 0 Å². The van der Waals surface area contributed by atoms with E-state index in [2.05, 4.69) is 42.3 Å². The minimum absolute atomic E-state index is 0.0365. The molecule has 0 aromatic rings. The molecular weight excluding hydrogens is 753 g/mol. The number of esters is 1. The van der Waals surface area contributed by atoms with E-state index in [0.717, 1.165) is 51.4 Å². The molecule has 1 aliphatic rings. The largest absolute Gasteiger partial charge is 0.457 e. The van der Waals surface area contributed by atoms with E-state index in [0.29, 0.717) is 13.0 Å². The molecule has 6 atom stereocenters. The fourth-order valence-corrected chi connectivity index (χ4v) is 7.39. The molecule has 1 heterocycles. The summed E-state index contributed by atoms with van der Waals surface area (Å²) in [4.78, 5) is 12.8. The van der Waals surface area contributed by atoms with E-state index >= 15 is 0 Å². The molecule has 0 bridgehead atoms. The lowest BCUT2D eigenvalue weighted by atomic mass is 9.99. The van der Waals surface area contributed by atoms with Crippen LogP contribution in [-0.2, 0) is 38.3 Å². The maximum atomic E-state index is 12.8. The van der Waals surface area contributed by atoms with Gasteiger partial charge in [-0.1, -0.05) is 160 Å². The van der Waals surface area contributed by atoms with Crippen LogP contribution in [0.25, 0.3) is 0 Å². The smallest absolute Gasteiger partial charge is 0.397 e. The number of carbonyl (C=O) groups is 1. The lowest BCUT2D eigenvalue weighted by Crippen LogP contribution is -2.60. The summed E-state index contributed by atoms with van der Waals surface area (Å²) in [6.45, 7) is 3.97. The van der Waals surface area contributed by atoms with E-state index in [1.807, 2.05) is 0 Å². The standard InChI is InChI=1S/C44H82O12S/c1-3-5-7-9-11-13-15-17-18-19-20-21-23-25-27-29-31-33-40(46)54-38(36-52-34-32-30-28-26-24-22-16-14-12-10-8-6-4-2)37-53-44-42(48)43(56-57(49,50)51)41(47)39(35-45)55-44/h11,13,17-18,38-39,41-45,47-48H,3-10,12,14-16,19-37H2,1-2H3,(H,49,50,51)/b13-11-,18-17-. The molecule has 0 aliphatic carbocycles. The van der Waals surface area contributed by atoms with Crippen LogP contribution in [0.3, 0.4) is 0 Å². The van der Waals surface area contributed by atoms with Crippen LogP contribution < -0.4 is 0 Å². The summed E-state index contributed by atoms with van der Waals surface area (Å²) in [6.07, 6.45) is 30.6. The topological polar surface area (TPSA) is 178 Å². The molecule has 1 fully saturated rings. The van der Waals surface area contributed by atoms with Crippen molar-refractivity contribution in [2.45, 2.75) is 224 Å². The van der Waals surface area contributed by atoms with Gasteiger partial charge in [-0.3, -0.25) is 9.35 Å². The lowest BCUT2D eigenvalue weighted by Gasteiger charge is -2.41. The number of ether oxygens (including phenoxy) is 4. The minimum atomic E-state index is -5.06. The van der Waals surface area contributed by atoms with Crippen molar-refractivity contribution in [1.29, 1.82) is 0 Å². The number of hydrogen-bond acceptors (Lipinski definition) is 11. The van der Waals surface area contributed by atoms with Crippen LogP contribution in [0.15, 0.2) is 24.3 Å². The number of allylic oxidation sites excluding steroid dienone is 4. The summed E-state index contributed by atoms with van der Waals surface area (Å²) >= 11 is 0. The monoisotopic (exact) mass is 835 g/mol. The second kappa shape index (κ2) is 36.4. The molecule has 0 saturated carbocycles. The Hall–Kier alpha value is -1.42. The van der Waals surface area contributed by atoms with Crippen molar-refractivity contribution in [3.63, 3.8) is 0 Å². The van der Waals surface area contributed by atoms with Crippen molar-refractivity contribution in [2.75, 3.05) is 26.4 Å². The lowest BCUT2D eigenvalue weighted by molar-refractivity contribution is -0.301. The van der Waals surface area contributed by atoms with Gasteiger partial charge in [-0.2, -0.15) is 8.42 Å². The summed E-state index contributed by atoms with van der Waals surface area (Å²) < 4.78 is 59.0. The Morgan fingerprint density at radius 2 is 1.16 bits per heavy atom. The van der Waals surface area contributed by atoms with Gasteiger partial charge >= 0.3 is 16.4 Å². The number of aliphatic hydroxyl groups is 3. The van der Waals surface area contributed by atoms with Gasteiger partial charge in [-0.15, -0.1) is 0 Å². The number of hydrogen-bond donors (Lipinski definition) is 4. The molecule has 6 unspecified atom stereocenters. The van der Waals surface area contributed by atoms with E-state index in [4.69, 9.17) is 23.5 Å². The predicted octanol–water partition coefficient (Wildman–Crippen LogP) is 9.24. The van der Waals surface area contributed by atoms with Gasteiger partial charge in [-0.25, -0.2) is 4.18 Å². The van der Waals surface area contributed by atoms with Crippen LogP contribution in [0.2, 0.25) is 0 Å². The fourth-order valence-electron chi connectivity index (χ4n) is 6.88. The quantitative estimate of drug-likeness (QED) is 0.0200. The summed E-state index contributed by atoms with van der Waals surface area (Å²) in [7, 11) is -5.06. The zero-order valence-corrected chi connectivity index (χ0v) is 36.5. The Kier molecular flexibility index (Phi) is 34.3. The predicted molar refractivity (Wildman–Crippen MR) is 225 cm³/mol. The Bertz CT molecular complexity index is 1100. The van der Waals surface area contributed by atoms with E-state index in [9.17, 15) is 28.5 Å². The van der Waals surface area contributed by atoms with Gasteiger partial charge in [0.2, 0.25) is 0 Å². The number of carbonyl (C=O) groups excluding carboxylic acids is 1. The van der Waals surface area contributed by atoms with E-state index in [-0.39, 0.29) is 19.6 Å². The zero-order valence-electron chi connectivity index (χ0n) is 35.7. The van der Waals surface area contributed by atoms with Crippen molar-refractivity contribution in [3.05, 3.63) is 24.3 Å². The molecular formula is C44H82O12S. The first-order valence-corrected chi connectivity index (χ1v) is 24.0. The van der Waals surface area contributed by atoms with Crippen LogP contribution in [0.4, 0.5) is 0 Å². The second-order valence-corrected chi connectivity index (χ2v) is 16.7.